The zero-order valence-electron chi connectivity index (χ0n) is 14.3. The van der Waals surface area contributed by atoms with Crippen molar-refractivity contribution in [2.45, 2.75) is 26.7 Å². The number of rotatable bonds is 4. The van der Waals surface area contributed by atoms with E-state index >= 15 is 0 Å². The molecule has 0 radical (unpaired) electrons. The number of likely N-dealkylation sites (tertiary alicyclic amines) is 1. The van der Waals surface area contributed by atoms with Gasteiger partial charge in [-0.15, -0.1) is 0 Å². The molecule has 0 bridgehead atoms. The molecule has 0 unspecified atom stereocenters. The molecule has 1 saturated heterocycles. The van der Waals surface area contributed by atoms with Crippen LogP contribution in [0.1, 0.15) is 23.4 Å². The quantitative estimate of drug-likeness (QED) is 0.913. The summed E-state index contributed by atoms with van der Waals surface area (Å²) in [6.07, 6.45) is 0.783. The molecule has 2 aromatic rings. The van der Waals surface area contributed by atoms with Gasteiger partial charge in [0.15, 0.2) is 0 Å². The number of hydrogen-bond donors (Lipinski definition) is 1. The Morgan fingerprint density at radius 3 is 2.68 bits per heavy atom. The van der Waals surface area contributed by atoms with E-state index in [-0.39, 0.29) is 30.0 Å². The van der Waals surface area contributed by atoms with Gasteiger partial charge in [0.25, 0.3) is 0 Å². The third-order valence-electron chi connectivity index (χ3n) is 4.79. The molecule has 1 aromatic carbocycles. The maximum atomic E-state index is 14.0. The van der Waals surface area contributed by atoms with Gasteiger partial charge in [0.1, 0.15) is 11.5 Å². The molecule has 25 heavy (non-hydrogen) atoms. The zero-order chi connectivity index (χ0) is 18.1. The first-order chi connectivity index (χ1) is 11.9. The molecule has 1 atom stereocenters. The minimum Gasteiger partial charge on any atom is -0.369 e. The second-order valence-electron chi connectivity index (χ2n) is 6.42. The van der Waals surface area contributed by atoms with E-state index < -0.39 is 0 Å². The molecule has 1 aliphatic rings. The first-order valence-electron chi connectivity index (χ1n) is 8.25. The van der Waals surface area contributed by atoms with E-state index in [1.165, 1.54) is 10.7 Å². The predicted molar refractivity (Wildman–Crippen MR) is 90.6 cm³/mol. The summed E-state index contributed by atoms with van der Waals surface area (Å²) in [5.41, 5.74) is 7.89. The lowest BCUT2D eigenvalue weighted by Crippen LogP contribution is -2.32. The van der Waals surface area contributed by atoms with Gasteiger partial charge in [-0.3, -0.25) is 9.59 Å². The van der Waals surface area contributed by atoms with E-state index in [2.05, 4.69) is 5.10 Å². The van der Waals surface area contributed by atoms with Crippen LogP contribution in [-0.4, -0.2) is 39.6 Å². The van der Waals surface area contributed by atoms with Crippen LogP contribution in [0.5, 0.6) is 0 Å². The van der Waals surface area contributed by atoms with Crippen LogP contribution in [0.4, 0.5) is 4.39 Å². The second-order valence-corrected chi connectivity index (χ2v) is 6.42. The van der Waals surface area contributed by atoms with Crippen molar-refractivity contribution in [2.75, 3.05) is 13.1 Å². The Bertz CT molecular complexity index is 830. The number of carbonyl (C=O) groups is 2. The van der Waals surface area contributed by atoms with Gasteiger partial charge in [0, 0.05) is 24.3 Å². The Balaban J connectivity index is 1.81. The fourth-order valence-corrected chi connectivity index (χ4v) is 3.27. The number of benzene rings is 1. The molecule has 0 spiro atoms. The first kappa shape index (κ1) is 17.1. The van der Waals surface area contributed by atoms with Crippen LogP contribution in [0.15, 0.2) is 24.3 Å². The average molecular weight is 344 g/mol. The normalized spacial score (nSPS) is 17.1. The van der Waals surface area contributed by atoms with Crippen LogP contribution in [-0.2, 0) is 16.0 Å². The van der Waals surface area contributed by atoms with E-state index in [1.807, 2.05) is 13.8 Å². The molecule has 0 aliphatic carbocycles. The third kappa shape index (κ3) is 3.26. The summed E-state index contributed by atoms with van der Waals surface area (Å²) in [5.74, 6) is -1.07. The minimum absolute atomic E-state index is 0.0666. The summed E-state index contributed by atoms with van der Waals surface area (Å²) in [5, 5.41) is 4.40. The van der Waals surface area contributed by atoms with Crippen molar-refractivity contribution in [1.29, 1.82) is 0 Å². The van der Waals surface area contributed by atoms with Crippen LogP contribution in [0.3, 0.4) is 0 Å². The van der Waals surface area contributed by atoms with Crippen molar-refractivity contribution in [1.82, 2.24) is 14.7 Å². The summed E-state index contributed by atoms with van der Waals surface area (Å²) in [6.45, 7) is 4.54. The molecule has 2 amide bonds. The molecule has 1 fully saturated rings. The van der Waals surface area contributed by atoms with Gasteiger partial charge in [-0.05, 0) is 32.4 Å². The van der Waals surface area contributed by atoms with Gasteiger partial charge in [-0.1, -0.05) is 12.1 Å². The number of aromatic nitrogens is 2. The number of aryl methyl sites for hydroxylation is 1. The van der Waals surface area contributed by atoms with Crippen LogP contribution in [0, 0.1) is 25.6 Å². The molecule has 3 rings (SSSR count). The second kappa shape index (κ2) is 6.66. The Kier molecular flexibility index (Phi) is 4.57. The van der Waals surface area contributed by atoms with Gasteiger partial charge in [-0.2, -0.15) is 5.10 Å². The molecule has 0 saturated carbocycles. The average Bonchev–Trinajstić information content (AvgIpc) is 3.16. The fraction of sp³-hybridized carbons (Fsp3) is 0.389. The molecular weight excluding hydrogens is 323 g/mol. The Morgan fingerprint density at radius 2 is 2.04 bits per heavy atom. The number of para-hydroxylation sites is 1. The maximum absolute atomic E-state index is 14.0. The maximum Gasteiger partial charge on any atom is 0.227 e. The van der Waals surface area contributed by atoms with E-state index in [1.54, 1.807) is 23.1 Å². The summed E-state index contributed by atoms with van der Waals surface area (Å²) < 4.78 is 15.6. The van der Waals surface area contributed by atoms with Crippen molar-refractivity contribution in [3.8, 4) is 5.69 Å². The van der Waals surface area contributed by atoms with Crippen LogP contribution >= 0.6 is 0 Å². The summed E-state index contributed by atoms with van der Waals surface area (Å²) in [7, 11) is 0. The van der Waals surface area contributed by atoms with Crippen molar-refractivity contribution >= 4 is 11.8 Å². The highest BCUT2D eigenvalue weighted by molar-refractivity contribution is 5.82. The van der Waals surface area contributed by atoms with E-state index in [4.69, 9.17) is 5.73 Å². The van der Waals surface area contributed by atoms with Gasteiger partial charge in [-0.25, -0.2) is 9.07 Å². The molecule has 1 aromatic heterocycles. The van der Waals surface area contributed by atoms with Gasteiger partial charge < -0.3 is 10.6 Å². The lowest BCUT2D eigenvalue weighted by Gasteiger charge is -2.16. The smallest absolute Gasteiger partial charge is 0.227 e. The number of nitrogens with zero attached hydrogens (tertiary/aromatic N) is 3. The number of nitrogens with two attached hydrogens (primary N) is 1. The summed E-state index contributed by atoms with van der Waals surface area (Å²) >= 11 is 0. The topological polar surface area (TPSA) is 81.2 Å². The number of amides is 2. The molecule has 6 nitrogen and oxygen atoms in total. The third-order valence-corrected chi connectivity index (χ3v) is 4.79. The van der Waals surface area contributed by atoms with Crippen LogP contribution in [0.25, 0.3) is 5.69 Å². The predicted octanol–water partition coefficient (Wildman–Crippen LogP) is 1.50. The Hall–Kier alpha value is -2.70. The van der Waals surface area contributed by atoms with E-state index in [0.29, 0.717) is 30.9 Å². The van der Waals surface area contributed by atoms with Crippen LogP contribution in [0.2, 0.25) is 0 Å². The van der Waals surface area contributed by atoms with E-state index in [9.17, 15) is 14.0 Å². The summed E-state index contributed by atoms with van der Waals surface area (Å²) in [4.78, 5) is 25.5. The monoisotopic (exact) mass is 344 g/mol. The van der Waals surface area contributed by atoms with Crippen molar-refractivity contribution in [2.24, 2.45) is 11.7 Å². The molecule has 2 N–H and O–H groups in total. The van der Waals surface area contributed by atoms with Gasteiger partial charge in [0.05, 0.1) is 18.0 Å². The minimum atomic E-state index is -0.366. The van der Waals surface area contributed by atoms with E-state index in [0.717, 1.165) is 11.3 Å². The molecule has 1 aliphatic heterocycles. The first-order valence-corrected chi connectivity index (χ1v) is 8.25. The highest BCUT2D eigenvalue weighted by Crippen LogP contribution is 2.22. The number of primary amides is 1. The zero-order valence-corrected chi connectivity index (χ0v) is 14.3. The highest BCUT2D eigenvalue weighted by atomic mass is 19.1. The largest absolute Gasteiger partial charge is 0.369 e. The Morgan fingerprint density at radius 1 is 1.32 bits per heavy atom. The standard InChI is InChI=1S/C18H21FN4O2/c1-11-14(9-17(24)22-8-7-13(10-22)18(20)25)12(2)23(21-11)16-6-4-3-5-15(16)19/h3-6,13H,7-10H2,1-2H3,(H2,20,25)/t13-/m0/s1. The van der Waals surface area contributed by atoms with Crippen molar-refractivity contribution in [3.63, 3.8) is 0 Å². The Labute approximate surface area is 145 Å². The van der Waals surface area contributed by atoms with Crippen LogP contribution < -0.4 is 5.73 Å². The molecule has 2 heterocycles. The number of halogens is 1. The highest BCUT2D eigenvalue weighted by Gasteiger charge is 2.30. The summed E-state index contributed by atoms with van der Waals surface area (Å²) in [6, 6.07) is 6.40. The van der Waals surface area contributed by atoms with Gasteiger partial charge in [0.2, 0.25) is 11.8 Å². The van der Waals surface area contributed by atoms with Crippen molar-refractivity contribution in [3.05, 3.63) is 47.0 Å². The lowest BCUT2D eigenvalue weighted by molar-refractivity contribution is -0.129. The fourth-order valence-electron chi connectivity index (χ4n) is 3.27. The number of carbonyl (C=O) groups excluding carboxylic acids is 2. The molecule has 7 heteroatoms. The molecule has 132 valence electrons. The number of hydrogen-bond acceptors (Lipinski definition) is 3. The van der Waals surface area contributed by atoms with Crippen molar-refractivity contribution < 1.29 is 14.0 Å². The SMILES string of the molecule is Cc1nn(-c2ccccc2F)c(C)c1CC(=O)N1CC[C@H](C(N)=O)C1. The lowest BCUT2D eigenvalue weighted by atomic mass is 10.1. The van der Waals surface area contributed by atoms with Gasteiger partial charge >= 0.3 is 0 Å². The molecular formula is C18H21FN4O2.